The minimum absolute atomic E-state index is 0.151. The van der Waals surface area contributed by atoms with Crippen molar-refractivity contribution in [2.45, 2.75) is 12.5 Å². The quantitative estimate of drug-likeness (QED) is 0.537. The van der Waals surface area contributed by atoms with Crippen molar-refractivity contribution in [1.82, 2.24) is 0 Å². The van der Waals surface area contributed by atoms with E-state index in [9.17, 15) is 14.5 Å². The van der Waals surface area contributed by atoms with Crippen LogP contribution in [-0.2, 0) is 4.57 Å². The predicted octanol–water partition coefficient (Wildman–Crippen LogP) is 3.63. The number of Topliss-reactive ketones (excluding diaryl/α,β-unsaturated/α-hetero) is 1. The van der Waals surface area contributed by atoms with Gasteiger partial charge in [-0.15, -0.1) is 0 Å². The average Bonchev–Trinajstić information content (AvgIpc) is 2.69. The molecule has 1 N–H and O–H groups in total. The van der Waals surface area contributed by atoms with Gasteiger partial charge in [0.15, 0.2) is 5.78 Å². The Balaban J connectivity index is 2.04. The number of hydrogen-bond donors (Lipinski definition) is 1. The highest BCUT2D eigenvalue weighted by atomic mass is 31.2. The van der Waals surface area contributed by atoms with Gasteiger partial charge in [0.05, 0.1) is 0 Å². The van der Waals surface area contributed by atoms with Crippen molar-refractivity contribution in [3.8, 4) is 0 Å². The number of ketones is 1. The molecule has 132 valence electrons. The summed E-state index contributed by atoms with van der Waals surface area (Å²) in [4.78, 5) is 12.8. The lowest BCUT2D eigenvalue weighted by Gasteiger charge is -2.28. The Morgan fingerprint density at radius 1 is 0.808 bits per heavy atom. The molecular weight excluding hydrogens is 343 g/mol. The van der Waals surface area contributed by atoms with Crippen LogP contribution in [0.25, 0.3) is 0 Å². The largest absolute Gasteiger partial charge is 0.381 e. The lowest BCUT2D eigenvalue weighted by molar-refractivity contribution is 0.0500. The molecule has 3 aromatic rings. The summed E-state index contributed by atoms with van der Waals surface area (Å²) >= 11 is 0. The molecule has 0 aliphatic carbocycles. The maximum Gasteiger partial charge on any atom is 0.194 e. The second kappa shape index (κ2) is 7.41. The van der Waals surface area contributed by atoms with Crippen LogP contribution in [0.5, 0.6) is 0 Å². The predicted molar refractivity (Wildman–Crippen MR) is 106 cm³/mol. The van der Waals surface area contributed by atoms with Gasteiger partial charge in [-0.3, -0.25) is 4.79 Å². The van der Waals surface area contributed by atoms with Crippen LogP contribution in [0, 0.1) is 0 Å². The smallest absolute Gasteiger partial charge is 0.194 e. The zero-order valence-electron chi connectivity index (χ0n) is 14.6. The first-order chi connectivity index (χ1) is 12.4. The molecule has 3 nitrogen and oxygen atoms in total. The molecule has 0 saturated heterocycles. The number of carbonyl (C=O) groups excluding carboxylic acids is 1. The van der Waals surface area contributed by atoms with Gasteiger partial charge >= 0.3 is 0 Å². The van der Waals surface area contributed by atoms with Crippen molar-refractivity contribution in [3.63, 3.8) is 0 Å². The topological polar surface area (TPSA) is 54.4 Å². The van der Waals surface area contributed by atoms with E-state index < -0.39 is 18.5 Å². The zero-order chi connectivity index (χ0) is 18.6. The van der Waals surface area contributed by atoms with Crippen molar-refractivity contribution in [1.29, 1.82) is 0 Å². The van der Waals surface area contributed by atoms with E-state index in [1.807, 2.05) is 42.5 Å². The molecule has 1 atom stereocenters. The van der Waals surface area contributed by atoms with Gasteiger partial charge in [-0.25, -0.2) is 0 Å². The molecule has 3 aromatic carbocycles. The van der Waals surface area contributed by atoms with Gasteiger partial charge in [0.1, 0.15) is 12.7 Å². The minimum Gasteiger partial charge on any atom is -0.381 e. The molecule has 0 aromatic heterocycles. The van der Waals surface area contributed by atoms with E-state index in [0.29, 0.717) is 16.2 Å². The van der Waals surface area contributed by atoms with Gasteiger partial charge in [-0.2, -0.15) is 0 Å². The third-order valence-electron chi connectivity index (χ3n) is 4.40. The van der Waals surface area contributed by atoms with Gasteiger partial charge in [0, 0.05) is 22.3 Å². The normalized spacial score (nSPS) is 13.8. The lowest BCUT2D eigenvalue weighted by Crippen LogP contribution is -2.41. The van der Waals surface area contributed by atoms with E-state index in [1.165, 1.54) is 6.92 Å². The summed E-state index contributed by atoms with van der Waals surface area (Å²) in [5.41, 5.74) is -1.34. The first-order valence-electron chi connectivity index (χ1n) is 8.46. The van der Waals surface area contributed by atoms with Gasteiger partial charge in [0.2, 0.25) is 0 Å². The summed E-state index contributed by atoms with van der Waals surface area (Å²) in [6.07, 6.45) is -0.151. The Labute approximate surface area is 153 Å². The van der Waals surface area contributed by atoms with Crippen LogP contribution in [0.15, 0.2) is 91.0 Å². The molecule has 0 aliphatic rings. The third-order valence-corrected chi connectivity index (χ3v) is 7.73. The van der Waals surface area contributed by atoms with Crippen molar-refractivity contribution in [2.24, 2.45) is 0 Å². The molecule has 0 radical (unpaired) electrons. The number of hydrogen-bond acceptors (Lipinski definition) is 3. The van der Waals surface area contributed by atoms with Crippen LogP contribution in [-0.4, -0.2) is 22.7 Å². The fourth-order valence-electron chi connectivity index (χ4n) is 3.08. The van der Waals surface area contributed by atoms with Crippen LogP contribution in [0.4, 0.5) is 0 Å². The molecular formula is C22H21O3P. The summed E-state index contributed by atoms with van der Waals surface area (Å²) in [7, 11) is -3.19. The van der Waals surface area contributed by atoms with Crippen molar-refractivity contribution < 1.29 is 14.5 Å². The van der Waals surface area contributed by atoms with Gasteiger partial charge in [-0.1, -0.05) is 91.0 Å². The van der Waals surface area contributed by atoms with E-state index in [-0.39, 0.29) is 6.16 Å². The highest BCUT2D eigenvalue weighted by Crippen LogP contribution is 2.46. The summed E-state index contributed by atoms with van der Waals surface area (Å²) in [5, 5.41) is 12.2. The Kier molecular flexibility index (Phi) is 5.22. The van der Waals surface area contributed by atoms with Crippen LogP contribution < -0.4 is 10.6 Å². The fourth-order valence-corrected chi connectivity index (χ4v) is 6.06. The molecule has 0 bridgehead atoms. The molecule has 1 unspecified atom stereocenters. The van der Waals surface area contributed by atoms with E-state index in [4.69, 9.17) is 0 Å². The maximum absolute atomic E-state index is 14.1. The van der Waals surface area contributed by atoms with E-state index in [2.05, 4.69) is 0 Å². The van der Waals surface area contributed by atoms with Crippen molar-refractivity contribution >= 4 is 23.5 Å². The minimum atomic E-state index is -3.19. The number of benzene rings is 3. The molecule has 0 aliphatic heterocycles. The van der Waals surface area contributed by atoms with Crippen LogP contribution in [0.3, 0.4) is 0 Å². The van der Waals surface area contributed by atoms with Crippen LogP contribution in [0.2, 0.25) is 0 Å². The molecule has 3 rings (SSSR count). The first kappa shape index (κ1) is 18.3. The summed E-state index contributed by atoms with van der Waals surface area (Å²) in [5.74, 6) is -0.426. The Morgan fingerprint density at radius 3 is 1.62 bits per heavy atom. The van der Waals surface area contributed by atoms with Crippen LogP contribution >= 0.6 is 7.14 Å². The number of carbonyl (C=O) groups is 1. The summed E-state index contributed by atoms with van der Waals surface area (Å²) in [6, 6.07) is 26.8. The Morgan fingerprint density at radius 2 is 1.19 bits per heavy atom. The van der Waals surface area contributed by atoms with E-state index in [1.54, 1.807) is 48.5 Å². The standard InChI is InChI=1S/C22H21O3P/c1-22(24,21(23)18-11-5-2-6-12-18)17-26(25,19-13-7-3-8-14-19)20-15-9-4-10-16-20/h2-16,24H,17H2,1H3. The highest BCUT2D eigenvalue weighted by molar-refractivity contribution is 7.78. The fraction of sp³-hybridized carbons (Fsp3) is 0.136. The number of rotatable bonds is 6. The maximum atomic E-state index is 14.1. The molecule has 0 heterocycles. The monoisotopic (exact) mass is 364 g/mol. The molecule has 0 amide bonds. The molecule has 0 spiro atoms. The summed E-state index contributed by atoms with van der Waals surface area (Å²) in [6.45, 7) is 1.45. The number of aliphatic hydroxyl groups is 1. The van der Waals surface area contributed by atoms with E-state index >= 15 is 0 Å². The van der Waals surface area contributed by atoms with Gasteiger partial charge in [-0.05, 0) is 6.92 Å². The average molecular weight is 364 g/mol. The molecule has 0 fully saturated rings. The second-order valence-electron chi connectivity index (χ2n) is 6.54. The first-order valence-corrected chi connectivity index (χ1v) is 10.4. The SMILES string of the molecule is CC(O)(CP(=O)(c1ccccc1)c1ccccc1)C(=O)c1ccccc1. The van der Waals surface area contributed by atoms with Crippen molar-refractivity contribution in [2.75, 3.05) is 6.16 Å². The van der Waals surface area contributed by atoms with Gasteiger partial charge in [0.25, 0.3) is 0 Å². The van der Waals surface area contributed by atoms with Gasteiger partial charge < -0.3 is 9.67 Å². The van der Waals surface area contributed by atoms with Crippen LogP contribution in [0.1, 0.15) is 17.3 Å². The van der Waals surface area contributed by atoms with E-state index in [0.717, 1.165) is 0 Å². The molecule has 0 saturated carbocycles. The molecule has 26 heavy (non-hydrogen) atoms. The third kappa shape index (κ3) is 3.70. The molecule has 4 heteroatoms. The lowest BCUT2D eigenvalue weighted by atomic mass is 9.97. The Hall–Kier alpha value is -2.48. The second-order valence-corrected chi connectivity index (χ2v) is 9.37. The summed E-state index contributed by atoms with van der Waals surface area (Å²) < 4.78 is 14.1. The zero-order valence-corrected chi connectivity index (χ0v) is 15.5. The van der Waals surface area contributed by atoms with Crippen molar-refractivity contribution in [3.05, 3.63) is 96.6 Å². The highest BCUT2D eigenvalue weighted by Gasteiger charge is 2.41. The Bertz CT molecular complexity index is 876.